The Labute approximate surface area is 195 Å². The molecule has 4 rings (SSSR count). The van der Waals surface area contributed by atoms with Crippen LogP contribution in [0.2, 0.25) is 0 Å². The predicted molar refractivity (Wildman–Crippen MR) is 131 cm³/mol. The third-order valence-electron chi connectivity index (χ3n) is 5.20. The number of nitrogens with zero attached hydrogens (tertiary/aromatic N) is 1. The number of aromatic amines is 1. The number of halogens is 1. The molecule has 0 spiro atoms. The first-order chi connectivity index (χ1) is 15.5. The van der Waals surface area contributed by atoms with E-state index in [1.54, 1.807) is 11.0 Å². The van der Waals surface area contributed by atoms with Crippen LogP contribution in [-0.2, 0) is 16.0 Å². The maximum absolute atomic E-state index is 13.5. The van der Waals surface area contributed by atoms with Crippen LogP contribution < -0.4 is 5.32 Å². The van der Waals surface area contributed by atoms with E-state index in [-0.39, 0.29) is 17.6 Å². The lowest BCUT2D eigenvalue weighted by Gasteiger charge is -2.14. The molecule has 2 aromatic carbocycles. The van der Waals surface area contributed by atoms with Crippen molar-refractivity contribution < 1.29 is 14.0 Å². The maximum atomic E-state index is 13.5. The number of benzene rings is 2. The standard InChI is InChI=1S/C24H22FN3O2S2/c25-18-8-9-20-19(14-18)17(15-27-20)10-11-26-22(29)7-4-12-28-23(30)21(32-24(28)31)13-16-5-2-1-3-6-16/h1-3,5-6,8-9,13-15,27H,4,7,10-12H2,(H,26,29)/b21-13-. The highest BCUT2D eigenvalue weighted by atomic mass is 32.2. The zero-order chi connectivity index (χ0) is 22.5. The molecule has 2 heterocycles. The topological polar surface area (TPSA) is 65.2 Å². The summed E-state index contributed by atoms with van der Waals surface area (Å²) in [6, 6.07) is 14.2. The van der Waals surface area contributed by atoms with Gasteiger partial charge in [-0.15, -0.1) is 0 Å². The van der Waals surface area contributed by atoms with Crippen LogP contribution in [0.15, 0.2) is 59.6 Å². The number of rotatable bonds is 8. The minimum Gasteiger partial charge on any atom is -0.361 e. The second kappa shape index (κ2) is 10.1. The van der Waals surface area contributed by atoms with Gasteiger partial charge in [0.05, 0.1) is 4.91 Å². The number of hydrogen-bond donors (Lipinski definition) is 2. The monoisotopic (exact) mass is 467 g/mol. The third-order valence-corrected chi connectivity index (χ3v) is 6.58. The van der Waals surface area contributed by atoms with Gasteiger partial charge in [-0.05, 0) is 48.2 Å². The van der Waals surface area contributed by atoms with Crippen molar-refractivity contribution in [1.82, 2.24) is 15.2 Å². The molecule has 0 saturated carbocycles. The molecule has 1 aromatic heterocycles. The Morgan fingerprint density at radius 1 is 1.22 bits per heavy atom. The van der Waals surface area contributed by atoms with E-state index < -0.39 is 0 Å². The minimum absolute atomic E-state index is 0.0821. The Kier molecular flexibility index (Phi) is 7.02. The summed E-state index contributed by atoms with van der Waals surface area (Å²) in [7, 11) is 0. The molecule has 0 radical (unpaired) electrons. The van der Waals surface area contributed by atoms with E-state index in [0.717, 1.165) is 22.0 Å². The first-order valence-electron chi connectivity index (χ1n) is 10.3. The van der Waals surface area contributed by atoms with Crippen molar-refractivity contribution in [3.05, 3.63) is 76.6 Å². The summed E-state index contributed by atoms with van der Waals surface area (Å²) in [5.74, 6) is -0.478. The molecule has 0 unspecified atom stereocenters. The van der Waals surface area contributed by atoms with Gasteiger partial charge in [0.15, 0.2) is 0 Å². The number of amides is 2. The molecule has 1 aliphatic rings. The van der Waals surface area contributed by atoms with E-state index in [1.165, 1.54) is 23.9 Å². The average molecular weight is 468 g/mol. The van der Waals surface area contributed by atoms with Crippen LogP contribution in [-0.4, -0.2) is 39.1 Å². The predicted octanol–water partition coefficient (Wildman–Crippen LogP) is 4.65. The fourth-order valence-corrected chi connectivity index (χ4v) is 4.88. The molecule has 1 saturated heterocycles. The van der Waals surface area contributed by atoms with Gasteiger partial charge in [-0.2, -0.15) is 0 Å². The lowest BCUT2D eigenvalue weighted by Crippen LogP contribution is -2.31. The molecular weight excluding hydrogens is 445 g/mol. The number of carbonyl (C=O) groups is 2. The molecule has 0 aliphatic carbocycles. The second-order valence-corrected chi connectivity index (χ2v) is 9.13. The normalized spacial score (nSPS) is 15.2. The van der Waals surface area contributed by atoms with E-state index in [0.29, 0.717) is 41.6 Å². The van der Waals surface area contributed by atoms with Crippen LogP contribution in [0.5, 0.6) is 0 Å². The van der Waals surface area contributed by atoms with Crippen LogP contribution in [0.25, 0.3) is 17.0 Å². The molecule has 1 aliphatic heterocycles. The maximum Gasteiger partial charge on any atom is 0.266 e. The molecule has 8 heteroatoms. The SMILES string of the molecule is O=C(CCCN1C(=O)/C(=C/c2ccccc2)SC1=S)NCCc1c[nH]c2ccc(F)cc12. The molecule has 0 atom stereocenters. The molecule has 1 fully saturated rings. The zero-order valence-electron chi connectivity index (χ0n) is 17.3. The number of aromatic nitrogens is 1. The van der Waals surface area contributed by atoms with Crippen molar-refractivity contribution in [2.24, 2.45) is 0 Å². The van der Waals surface area contributed by atoms with Crippen molar-refractivity contribution in [2.75, 3.05) is 13.1 Å². The van der Waals surface area contributed by atoms with Crippen LogP contribution in [0.1, 0.15) is 24.0 Å². The van der Waals surface area contributed by atoms with E-state index in [1.807, 2.05) is 42.6 Å². The van der Waals surface area contributed by atoms with Gasteiger partial charge in [-0.3, -0.25) is 14.5 Å². The van der Waals surface area contributed by atoms with Crippen molar-refractivity contribution in [1.29, 1.82) is 0 Å². The van der Waals surface area contributed by atoms with E-state index >= 15 is 0 Å². The van der Waals surface area contributed by atoms with Gasteiger partial charge < -0.3 is 10.3 Å². The fourth-order valence-electron chi connectivity index (χ4n) is 3.57. The lowest BCUT2D eigenvalue weighted by molar-refractivity contribution is -0.123. The first-order valence-corrected chi connectivity index (χ1v) is 11.6. The van der Waals surface area contributed by atoms with E-state index in [9.17, 15) is 14.0 Å². The number of thiocarbonyl (C=S) groups is 1. The smallest absolute Gasteiger partial charge is 0.266 e. The van der Waals surface area contributed by atoms with Crippen molar-refractivity contribution in [3.63, 3.8) is 0 Å². The Bertz CT molecular complexity index is 1190. The Balaban J connectivity index is 1.22. The number of nitrogens with one attached hydrogen (secondary N) is 2. The molecule has 2 N–H and O–H groups in total. The highest BCUT2D eigenvalue weighted by molar-refractivity contribution is 8.26. The molecule has 5 nitrogen and oxygen atoms in total. The van der Waals surface area contributed by atoms with Gasteiger partial charge >= 0.3 is 0 Å². The fraction of sp³-hybridized carbons (Fsp3) is 0.208. The Morgan fingerprint density at radius 2 is 2.03 bits per heavy atom. The summed E-state index contributed by atoms with van der Waals surface area (Å²) in [5, 5.41) is 3.72. The summed E-state index contributed by atoms with van der Waals surface area (Å²) in [5.41, 5.74) is 2.78. The summed E-state index contributed by atoms with van der Waals surface area (Å²) in [6.45, 7) is 0.870. The Morgan fingerprint density at radius 3 is 2.84 bits per heavy atom. The number of fused-ring (bicyclic) bond motifs is 1. The summed E-state index contributed by atoms with van der Waals surface area (Å²) >= 11 is 6.64. The van der Waals surface area contributed by atoms with Gasteiger partial charge in [-0.25, -0.2) is 4.39 Å². The van der Waals surface area contributed by atoms with Gasteiger partial charge in [0.25, 0.3) is 5.91 Å². The van der Waals surface area contributed by atoms with Gasteiger partial charge in [0.1, 0.15) is 10.1 Å². The zero-order valence-corrected chi connectivity index (χ0v) is 18.9. The Hall–Kier alpha value is -2.97. The summed E-state index contributed by atoms with van der Waals surface area (Å²) < 4.78 is 14.0. The molecule has 3 aromatic rings. The number of H-pyrrole nitrogens is 1. The van der Waals surface area contributed by atoms with Crippen molar-refractivity contribution in [3.8, 4) is 0 Å². The van der Waals surface area contributed by atoms with Gasteiger partial charge in [0.2, 0.25) is 5.91 Å². The quantitative estimate of drug-likeness (QED) is 0.374. The highest BCUT2D eigenvalue weighted by Gasteiger charge is 2.31. The molecule has 0 bridgehead atoms. The van der Waals surface area contributed by atoms with Crippen LogP contribution >= 0.6 is 24.0 Å². The lowest BCUT2D eigenvalue weighted by atomic mass is 10.1. The van der Waals surface area contributed by atoms with Crippen molar-refractivity contribution in [2.45, 2.75) is 19.3 Å². The van der Waals surface area contributed by atoms with E-state index in [4.69, 9.17) is 12.2 Å². The van der Waals surface area contributed by atoms with Crippen LogP contribution in [0, 0.1) is 5.82 Å². The largest absolute Gasteiger partial charge is 0.361 e. The van der Waals surface area contributed by atoms with E-state index in [2.05, 4.69) is 10.3 Å². The number of hydrogen-bond acceptors (Lipinski definition) is 4. The molecular formula is C24H22FN3O2S2. The molecule has 164 valence electrons. The number of carbonyl (C=O) groups excluding carboxylic acids is 2. The van der Waals surface area contributed by atoms with Crippen LogP contribution in [0.3, 0.4) is 0 Å². The molecule has 32 heavy (non-hydrogen) atoms. The van der Waals surface area contributed by atoms with Crippen molar-refractivity contribution >= 4 is 57.1 Å². The first kappa shape index (κ1) is 22.2. The van der Waals surface area contributed by atoms with Crippen LogP contribution in [0.4, 0.5) is 4.39 Å². The second-order valence-electron chi connectivity index (χ2n) is 7.45. The third kappa shape index (κ3) is 5.26. The minimum atomic E-state index is -0.281. The molecule has 2 amide bonds. The number of thioether (sulfide) groups is 1. The highest BCUT2D eigenvalue weighted by Crippen LogP contribution is 2.32. The van der Waals surface area contributed by atoms with Gasteiger partial charge in [0, 0.05) is 36.6 Å². The summed E-state index contributed by atoms with van der Waals surface area (Å²) in [6.07, 6.45) is 5.11. The van der Waals surface area contributed by atoms with Gasteiger partial charge in [-0.1, -0.05) is 54.3 Å². The average Bonchev–Trinajstić information content (AvgIpc) is 3.29. The summed E-state index contributed by atoms with van der Waals surface area (Å²) in [4.78, 5) is 30.1.